The first kappa shape index (κ1) is 22.3. The summed E-state index contributed by atoms with van der Waals surface area (Å²) in [4.78, 5) is 16.6. The molecule has 0 bridgehead atoms. The average Bonchev–Trinajstić information content (AvgIpc) is 3.51. The van der Waals surface area contributed by atoms with Gasteiger partial charge in [0.25, 0.3) is 0 Å². The highest BCUT2D eigenvalue weighted by Gasteiger charge is 2.75. The molecule has 4 heteroatoms. The van der Waals surface area contributed by atoms with E-state index in [1.807, 2.05) is 0 Å². The van der Waals surface area contributed by atoms with Crippen molar-refractivity contribution in [1.29, 1.82) is 0 Å². The molecule has 9 atom stereocenters. The van der Waals surface area contributed by atoms with E-state index in [4.69, 9.17) is 14.5 Å². The molecule has 186 valence electrons. The molecule has 4 aliphatic carbocycles. The summed E-state index contributed by atoms with van der Waals surface area (Å²) in [5.41, 5.74) is 2.86. The van der Waals surface area contributed by atoms with Gasteiger partial charge in [0.05, 0.1) is 11.2 Å². The van der Waals surface area contributed by atoms with Crippen LogP contribution in [0.4, 0.5) is 0 Å². The van der Waals surface area contributed by atoms with Gasteiger partial charge in [-0.3, -0.25) is 4.79 Å². The maximum Gasteiger partial charge on any atom is 0.302 e. The van der Waals surface area contributed by atoms with Gasteiger partial charge in [-0.2, -0.15) is 0 Å². The van der Waals surface area contributed by atoms with Gasteiger partial charge < -0.3 is 9.47 Å². The summed E-state index contributed by atoms with van der Waals surface area (Å²) in [5, 5.41) is 1.20. The van der Waals surface area contributed by atoms with Crippen molar-refractivity contribution in [3.63, 3.8) is 0 Å². The Hall–Kier alpha value is -1.94. The number of pyridine rings is 1. The SMILES string of the molecule is CC(=O)O[C@H]1CC[C@@]2(C)[C@@H](CC[C@@H]3[C@@H]2CC[C@@]2(C)[C@H]3CC[C@]23O[C@@H]3c2ccc3ccccc3n2)C1. The van der Waals surface area contributed by atoms with Crippen LogP contribution in [0.25, 0.3) is 10.9 Å². The number of carbonyl (C=O) groups is 1. The predicted molar refractivity (Wildman–Crippen MR) is 136 cm³/mol. The summed E-state index contributed by atoms with van der Waals surface area (Å²) in [6.07, 6.45) is 11.4. The third-order valence-corrected chi connectivity index (χ3v) is 11.7. The van der Waals surface area contributed by atoms with Crippen LogP contribution < -0.4 is 0 Å². The molecule has 0 unspecified atom stereocenters. The summed E-state index contributed by atoms with van der Waals surface area (Å²) in [6, 6.07) is 12.8. The summed E-state index contributed by atoms with van der Waals surface area (Å²) in [7, 11) is 0. The van der Waals surface area contributed by atoms with E-state index < -0.39 is 0 Å². The van der Waals surface area contributed by atoms with Crippen molar-refractivity contribution in [3.05, 3.63) is 42.1 Å². The fourth-order valence-corrected chi connectivity index (χ4v) is 9.92. The third kappa shape index (κ3) is 3.08. The van der Waals surface area contributed by atoms with Gasteiger partial charge in [0.15, 0.2) is 0 Å². The molecule has 0 radical (unpaired) electrons. The van der Waals surface area contributed by atoms with Crippen LogP contribution in [0.3, 0.4) is 0 Å². The van der Waals surface area contributed by atoms with Crippen LogP contribution in [0.1, 0.15) is 90.4 Å². The van der Waals surface area contributed by atoms with Gasteiger partial charge in [0.2, 0.25) is 0 Å². The molecular formula is C31H39NO3. The first-order chi connectivity index (χ1) is 16.8. The lowest BCUT2D eigenvalue weighted by Crippen LogP contribution is -2.55. The number of nitrogens with zero attached hydrogens (tertiary/aromatic N) is 1. The number of fused-ring (bicyclic) bond motifs is 7. The van der Waals surface area contributed by atoms with Crippen LogP contribution in [0, 0.1) is 34.5 Å². The monoisotopic (exact) mass is 473 g/mol. The molecule has 1 aliphatic heterocycles. The number of hydrogen-bond donors (Lipinski definition) is 0. The van der Waals surface area contributed by atoms with E-state index in [-0.39, 0.29) is 29.2 Å². The number of hydrogen-bond acceptors (Lipinski definition) is 4. The summed E-state index contributed by atoms with van der Waals surface area (Å²) in [5.74, 6) is 2.97. The number of aromatic nitrogens is 1. The van der Waals surface area contributed by atoms with E-state index in [1.165, 1.54) is 50.3 Å². The molecule has 35 heavy (non-hydrogen) atoms. The molecule has 0 amide bonds. The second-order valence-corrected chi connectivity index (χ2v) is 13.0. The molecule has 1 saturated heterocycles. The molecule has 4 saturated carbocycles. The van der Waals surface area contributed by atoms with E-state index in [0.717, 1.165) is 41.8 Å². The highest BCUT2D eigenvalue weighted by molar-refractivity contribution is 5.78. The van der Waals surface area contributed by atoms with E-state index >= 15 is 0 Å². The van der Waals surface area contributed by atoms with Crippen molar-refractivity contribution in [3.8, 4) is 0 Å². The van der Waals surface area contributed by atoms with Crippen LogP contribution in [0.2, 0.25) is 0 Å². The number of esters is 1. The summed E-state index contributed by atoms with van der Waals surface area (Å²) < 4.78 is 12.4. The highest BCUT2D eigenvalue weighted by atomic mass is 16.6. The second-order valence-electron chi connectivity index (χ2n) is 13.0. The zero-order valence-corrected chi connectivity index (χ0v) is 21.5. The second kappa shape index (κ2) is 7.54. The molecule has 0 N–H and O–H groups in total. The minimum Gasteiger partial charge on any atom is -0.463 e. The average molecular weight is 474 g/mol. The molecule has 1 aromatic heterocycles. The van der Waals surface area contributed by atoms with Gasteiger partial charge in [-0.05, 0) is 99.0 Å². The van der Waals surface area contributed by atoms with E-state index in [9.17, 15) is 4.79 Å². The van der Waals surface area contributed by atoms with Crippen LogP contribution in [0.5, 0.6) is 0 Å². The molecule has 1 aromatic carbocycles. The Kier molecular flexibility index (Phi) is 4.80. The molecule has 4 nitrogen and oxygen atoms in total. The maximum atomic E-state index is 11.6. The molecule has 2 aromatic rings. The normalized spacial score (nSPS) is 46.0. The van der Waals surface area contributed by atoms with Crippen LogP contribution in [-0.4, -0.2) is 22.7 Å². The van der Waals surface area contributed by atoms with Crippen LogP contribution in [-0.2, 0) is 14.3 Å². The lowest BCUT2D eigenvalue weighted by Gasteiger charge is -2.60. The number of para-hydroxylation sites is 1. The molecular weight excluding hydrogens is 434 g/mol. The standard InChI is InChI=1S/C31H39NO3/c1-19(33)34-22-12-15-29(2)21(18-22)9-10-23-24(29)13-16-30(3)25(23)14-17-31(30)28(35-31)27-11-8-20-6-4-5-7-26(20)32-27/h4-8,11,21-25,28H,9-10,12-18H2,1-3H3/t21-,22-,23+,24-,25-,28+,29-,30-,31+/m0/s1. The van der Waals surface area contributed by atoms with Crippen LogP contribution in [0.15, 0.2) is 36.4 Å². The Morgan fingerprint density at radius 1 is 0.971 bits per heavy atom. The van der Waals surface area contributed by atoms with Gasteiger partial charge in [-0.1, -0.05) is 38.1 Å². The van der Waals surface area contributed by atoms with Crippen molar-refractivity contribution in [2.75, 3.05) is 0 Å². The Labute approximate surface area is 209 Å². The Balaban J connectivity index is 1.13. The van der Waals surface area contributed by atoms with Crippen molar-refractivity contribution < 1.29 is 14.3 Å². The first-order valence-corrected chi connectivity index (χ1v) is 14.0. The minimum absolute atomic E-state index is 0.0111. The first-order valence-electron chi connectivity index (χ1n) is 14.0. The number of carbonyl (C=O) groups excluding carboxylic acids is 1. The van der Waals surface area contributed by atoms with Gasteiger partial charge in [0.1, 0.15) is 17.8 Å². The van der Waals surface area contributed by atoms with E-state index in [0.29, 0.717) is 11.3 Å². The van der Waals surface area contributed by atoms with Crippen molar-refractivity contribution in [1.82, 2.24) is 4.98 Å². The molecule has 7 rings (SSSR count). The smallest absolute Gasteiger partial charge is 0.302 e. The minimum atomic E-state index is -0.114. The Morgan fingerprint density at radius 3 is 2.66 bits per heavy atom. The fraction of sp³-hybridized carbons (Fsp3) is 0.677. The largest absolute Gasteiger partial charge is 0.463 e. The van der Waals surface area contributed by atoms with Gasteiger partial charge in [0, 0.05) is 17.7 Å². The molecule has 5 fully saturated rings. The van der Waals surface area contributed by atoms with Gasteiger partial charge in [-0.15, -0.1) is 0 Å². The van der Waals surface area contributed by atoms with E-state index in [1.54, 1.807) is 6.92 Å². The number of ether oxygens (including phenoxy) is 2. The highest BCUT2D eigenvalue weighted by Crippen LogP contribution is 2.76. The molecule has 5 aliphatic rings. The zero-order valence-electron chi connectivity index (χ0n) is 21.5. The Morgan fingerprint density at radius 2 is 1.80 bits per heavy atom. The fourth-order valence-electron chi connectivity index (χ4n) is 9.92. The summed E-state index contributed by atoms with van der Waals surface area (Å²) >= 11 is 0. The summed E-state index contributed by atoms with van der Waals surface area (Å²) in [6.45, 7) is 6.71. The van der Waals surface area contributed by atoms with Gasteiger partial charge >= 0.3 is 5.97 Å². The van der Waals surface area contributed by atoms with Crippen molar-refractivity contribution >= 4 is 16.9 Å². The molecule has 2 heterocycles. The van der Waals surface area contributed by atoms with Crippen LogP contribution >= 0.6 is 0 Å². The quantitative estimate of drug-likeness (QED) is 0.347. The zero-order chi connectivity index (χ0) is 24.0. The Bertz CT molecular complexity index is 1180. The number of epoxide rings is 1. The number of benzene rings is 1. The van der Waals surface area contributed by atoms with Gasteiger partial charge in [-0.25, -0.2) is 4.98 Å². The lowest BCUT2D eigenvalue weighted by atomic mass is 9.44. The topological polar surface area (TPSA) is 51.7 Å². The number of rotatable bonds is 2. The third-order valence-electron chi connectivity index (χ3n) is 11.7. The van der Waals surface area contributed by atoms with E-state index in [2.05, 4.69) is 50.2 Å². The van der Waals surface area contributed by atoms with Crippen molar-refractivity contribution in [2.45, 2.75) is 96.4 Å². The maximum absolute atomic E-state index is 11.6. The predicted octanol–water partition coefficient (Wildman–Crippen LogP) is 7.02. The molecule has 1 spiro atoms. The lowest BCUT2D eigenvalue weighted by molar-refractivity contribution is -0.160. The van der Waals surface area contributed by atoms with Crippen molar-refractivity contribution in [2.24, 2.45) is 34.5 Å².